The van der Waals surface area contributed by atoms with E-state index in [2.05, 4.69) is 15.4 Å². The number of amides is 2. The zero-order valence-corrected chi connectivity index (χ0v) is 21.4. The molecular weight excluding hydrogens is 492 g/mol. The molecule has 0 saturated carbocycles. The molecule has 2 aromatic heterocycles. The van der Waals surface area contributed by atoms with Gasteiger partial charge in [0.2, 0.25) is 11.8 Å². The third-order valence-corrected chi connectivity index (χ3v) is 7.47. The van der Waals surface area contributed by atoms with Gasteiger partial charge < -0.3 is 10.2 Å². The molecule has 2 aliphatic rings. The van der Waals surface area contributed by atoms with Crippen LogP contribution in [0.3, 0.4) is 0 Å². The standard InChI is InChI=1S/C27H26BClFN5O2/c1-15-4-3-5-22(20-12-17(8-10-31-20)26-21(33-27(15)37)14-32-34(26)2)35-11-9-16(13-23(35)36)24-18(28)6-7-19(29)25(24)30/h6-8,10,12-15,22H,3-5,9,11H2,1-2H3,(H,33,37). The largest absolute Gasteiger partial charge is 0.330 e. The van der Waals surface area contributed by atoms with Crippen LogP contribution < -0.4 is 10.8 Å². The number of carbonyl (C=O) groups is 2. The number of pyridine rings is 1. The summed E-state index contributed by atoms with van der Waals surface area (Å²) in [7, 11) is 7.85. The van der Waals surface area contributed by atoms with Crippen molar-refractivity contribution in [1.82, 2.24) is 19.7 Å². The molecule has 2 bridgehead atoms. The van der Waals surface area contributed by atoms with Gasteiger partial charge in [-0.25, -0.2) is 4.39 Å². The maximum absolute atomic E-state index is 14.8. The molecule has 0 fully saturated rings. The van der Waals surface area contributed by atoms with E-state index in [4.69, 9.17) is 19.4 Å². The number of anilines is 1. The molecule has 2 radical (unpaired) electrons. The summed E-state index contributed by atoms with van der Waals surface area (Å²) in [6, 6.07) is 6.46. The molecule has 3 aromatic rings. The van der Waals surface area contributed by atoms with Gasteiger partial charge in [-0.05, 0) is 43.0 Å². The number of aromatic nitrogens is 3. The average molecular weight is 518 g/mol. The zero-order chi connectivity index (χ0) is 26.3. The van der Waals surface area contributed by atoms with Gasteiger partial charge in [0.15, 0.2) is 0 Å². The number of halogens is 2. The first-order valence-electron chi connectivity index (χ1n) is 12.3. The first-order chi connectivity index (χ1) is 17.7. The molecule has 188 valence electrons. The lowest BCUT2D eigenvalue weighted by Gasteiger charge is -2.35. The fraction of sp³-hybridized carbons (Fsp3) is 0.333. The molecule has 2 amide bonds. The molecule has 1 N–H and O–H groups in total. The minimum absolute atomic E-state index is 0.0343. The van der Waals surface area contributed by atoms with Crippen LogP contribution in [0.5, 0.6) is 0 Å². The monoisotopic (exact) mass is 517 g/mol. The first-order valence-corrected chi connectivity index (χ1v) is 12.7. The third kappa shape index (κ3) is 4.80. The van der Waals surface area contributed by atoms with E-state index in [1.807, 2.05) is 26.1 Å². The summed E-state index contributed by atoms with van der Waals surface area (Å²) in [6.07, 6.45) is 7.24. The van der Waals surface area contributed by atoms with Gasteiger partial charge in [0.05, 0.1) is 34.3 Å². The van der Waals surface area contributed by atoms with Crippen LogP contribution >= 0.6 is 11.6 Å². The van der Waals surface area contributed by atoms with Crippen molar-refractivity contribution in [2.75, 3.05) is 11.9 Å². The van der Waals surface area contributed by atoms with Gasteiger partial charge in [0.25, 0.3) is 0 Å². The van der Waals surface area contributed by atoms with Crippen LogP contribution in [0.15, 0.2) is 42.7 Å². The highest BCUT2D eigenvalue weighted by molar-refractivity contribution is 6.36. The van der Waals surface area contributed by atoms with Crippen LogP contribution in [0, 0.1) is 11.7 Å². The van der Waals surface area contributed by atoms with Crippen molar-refractivity contribution in [3.63, 3.8) is 0 Å². The Balaban J connectivity index is 1.53. The second kappa shape index (κ2) is 10.1. The molecule has 2 aliphatic heterocycles. The van der Waals surface area contributed by atoms with Crippen molar-refractivity contribution in [1.29, 1.82) is 0 Å². The van der Waals surface area contributed by atoms with Gasteiger partial charge >= 0.3 is 0 Å². The number of nitrogens with zero attached hydrogens (tertiary/aromatic N) is 4. The van der Waals surface area contributed by atoms with Crippen molar-refractivity contribution < 1.29 is 14.0 Å². The lowest BCUT2D eigenvalue weighted by atomic mass is 9.84. The molecule has 10 heteroatoms. The quantitative estimate of drug-likeness (QED) is 0.517. The topological polar surface area (TPSA) is 80.1 Å². The van der Waals surface area contributed by atoms with Gasteiger partial charge in [-0.15, -0.1) is 0 Å². The fourth-order valence-electron chi connectivity index (χ4n) is 5.17. The van der Waals surface area contributed by atoms with E-state index >= 15 is 0 Å². The van der Waals surface area contributed by atoms with Crippen molar-refractivity contribution in [3.8, 4) is 11.3 Å². The Labute approximate surface area is 221 Å². The van der Waals surface area contributed by atoms with E-state index in [9.17, 15) is 14.0 Å². The summed E-state index contributed by atoms with van der Waals surface area (Å²) in [6.45, 7) is 2.27. The van der Waals surface area contributed by atoms with E-state index in [-0.39, 0.29) is 39.8 Å². The highest BCUT2D eigenvalue weighted by Crippen LogP contribution is 2.36. The SMILES string of the molecule is [B]c1ccc(Cl)c(F)c1C1=CC(=O)N(C2CCCC(C)C(=O)Nc3cnn(C)c3-c3ccnc2c3)CC1. The number of fused-ring (bicyclic) bond motifs is 4. The van der Waals surface area contributed by atoms with E-state index in [0.717, 1.165) is 23.4 Å². The predicted molar refractivity (Wildman–Crippen MR) is 142 cm³/mol. The molecular formula is C27H26BClFN5O2. The summed E-state index contributed by atoms with van der Waals surface area (Å²) < 4.78 is 16.5. The summed E-state index contributed by atoms with van der Waals surface area (Å²) in [4.78, 5) is 32.7. The van der Waals surface area contributed by atoms with Crippen LogP contribution in [-0.4, -0.2) is 45.9 Å². The first kappa shape index (κ1) is 25.2. The Morgan fingerprint density at radius 3 is 2.81 bits per heavy atom. The smallest absolute Gasteiger partial charge is 0.247 e. The minimum Gasteiger partial charge on any atom is -0.330 e. The Morgan fingerprint density at radius 2 is 2.03 bits per heavy atom. The molecule has 5 rings (SSSR count). The third-order valence-electron chi connectivity index (χ3n) is 7.18. The number of nitrogens with one attached hydrogen (secondary N) is 1. The summed E-state index contributed by atoms with van der Waals surface area (Å²) in [5, 5.41) is 7.31. The highest BCUT2D eigenvalue weighted by atomic mass is 35.5. The van der Waals surface area contributed by atoms with Crippen molar-refractivity contribution in [3.05, 3.63) is 64.8 Å². The molecule has 2 atom stereocenters. The number of rotatable bonds is 2. The maximum Gasteiger partial charge on any atom is 0.247 e. The zero-order valence-electron chi connectivity index (χ0n) is 20.7. The van der Waals surface area contributed by atoms with E-state index in [1.165, 1.54) is 12.1 Å². The molecule has 0 saturated heterocycles. The van der Waals surface area contributed by atoms with E-state index in [0.29, 0.717) is 37.1 Å². The predicted octanol–water partition coefficient (Wildman–Crippen LogP) is 4.18. The number of carbonyl (C=O) groups excluding carboxylic acids is 2. The van der Waals surface area contributed by atoms with Crippen LogP contribution in [0.1, 0.15) is 49.9 Å². The van der Waals surface area contributed by atoms with Crippen molar-refractivity contribution >= 4 is 48.0 Å². The van der Waals surface area contributed by atoms with Crippen LogP contribution in [-0.2, 0) is 16.6 Å². The molecule has 7 nitrogen and oxygen atoms in total. The Bertz CT molecular complexity index is 1420. The molecule has 37 heavy (non-hydrogen) atoms. The molecule has 2 unspecified atom stereocenters. The van der Waals surface area contributed by atoms with Gasteiger partial charge in [-0.2, -0.15) is 5.10 Å². The lowest BCUT2D eigenvalue weighted by Crippen LogP contribution is -2.38. The molecule has 4 heterocycles. The maximum atomic E-state index is 14.8. The van der Waals surface area contributed by atoms with Crippen LogP contribution in [0.25, 0.3) is 16.8 Å². The number of hydrogen-bond acceptors (Lipinski definition) is 4. The van der Waals surface area contributed by atoms with Crippen molar-refractivity contribution in [2.45, 2.75) is 38.6 Å². The second-order valence-corrected chi connectivity index (χ2v) is 10.0. The van der Waals surface area contributed by atoms with Crippen LogP contribution in [0.2, 0.25) is 5.02 Å². The van der Waals surface area contributed by atoms with Gasteiger partial charge in [-0.1, -0.05) is 36.5 Å². The molecule has 0 spiro atoms. The van der Waals surface area contributed by atoms with E-state index in [1.54, 1.807) is 28.0 Å². The molecule has 0 aliphatic carbocycles. The molecule has 1 aromatic carbocycles. The van der Waals surface area contributed by atoms with Gasteiger partial charge in [-0.3, -0.25) is 19.3 Å². The van der Waals surface area contributed by atoms with Gasteiger partial charge in [0.1, 0.15) is 13.7 Å². The highest BCUT2D eigenvalue weighted by Gasteiger charge is 2.31. The number of hydrogen-bond donors (Lipinski definition) is 1. The Morgan fingerprint density at radius 1 is 1.22 bits per heavy atom. The fourth-order valence-corrected chi connectivity index (χ4v) is 5.33. The normalized spacial score (nSPS) is 20.4. The summed E-state index contributed by atoms with van der Waals surface area (Å²) in [5.74, 6) is -1.13. The summed E-state index contributed by atoms with van der Waals surface area (Å²) >= 11 is 5.98. The second-order valence-electron chi connectivity index (χ2n) is 9.61. The van der Waals surface area contributed by atoms with Crippen molar-refractivity contribution in [2.24, 2.45) is 13.0 Å². The van der Waals surface area contributed by atoms with E-state index < -0.39 is 5.82 Å². The van der Waals surface area contributed by atoms with Gasteiger partial charge in [0, 0.05) is 42.9 Å². The van der Waals surface area contributed by atoms with Crippen LogP contribution in [0.4, 0.5) is 10.1 Å². The lowest BCUT2D eigenvalue weighted by molar-refractivity contribution is -0.129. The number of aryl methyl sites for hydroxylation is 1. The minimum atomic E-state index is -0.617. The average Bonchev–Trinajstić information content (AvgIpc) is 3.24. The summed E-state index contributed by atoms with van der Waals surface area (Å²) in [5.41, 5.74) is 3.95. The Kier molecular flexibility index (Phi) is 6.90. The number of benzene rings is 1. The Hall–Kier alpha value is -3.46.